The summed E-state index contributed by atoms with van der Waals surface area (Å²) >= 11 is 5.87. The molecule has 0 N–H and O–H groups in total. The average molecular weight is 471 g/mol. The maximum Gasteiger partial charge on any atom is 0.273 e. The second kappa shape index (κ2) is 7.83. The summed E-state index contributed by atoms with van der Waals surface area (Å²) in [6.45, 7) is 10.5. The molecule has 0 bridgehead atoms. The van der Waals surface area contributed by atoms with Crippen LogP contribution < -0.4 is 0 Å². The Morgan fingerprint density at radius 2 is 1.85 bits per heavy atom. The molecule has 174 valence electrons. The topological polar surface area (TPSA) is 58.4 Å². The number of hydrogen-bond acceptors (Lipinski definition) is 3. The molecule has 3 heterocycles. The first-order valence-electron chi connectivity index (χ1n) is 10.9. The van der Waals surface area contributed by atoms with Crippen LogP contribution in [-0.4, -0.2) is 56.8 Å². The molecule has 0 spiro atoms. The van der Waals surface area contributed by atoms with Crippen LogP contribution in [0.5, 0.6) is 0 Å². The van der Waals surface area contributed by atoms with E-state index in [1.807, 2.05) is 37.6 Å². The second-order valence-electron chi connectivity index (χ2n) is 10.0. The number of carbonyl (C=O) groups is 2. The smallest absolute Gasteiger partial charge is 0.273 e. The third-order valence-corrected chi connectivity index (χ3v) is 6.58. The Labute approximate surface area is 197 Å². The number of nitrogens with zero attached hydrogens (tertiary/aromatic N) is 4. The second-order valence-corrected chi connectivity index (χ2v) is 10.4. The number of carbonyl (C=O) groups excluding carboxylic acids is 2. The van der Waals surface area contributed by atoms with Gasteiger partial charge in [-0.1, -0.05) is 17.7 Å². The van der Waals surface area contributed by atoms with Gasteiger partial charge < -0.3 is 14.4 Å². The van der Waals surface area contributed by atoms with Crippen LogP contribution in [0.1, 0.15) is 45.1 Å². The Morgan fingerprint density at radius 3 is 2.48 bits per heavy atom. The van der Waals surface area contributed by atoms with Gasteiger partial charge in [-0.15, -0.1) is 0 Å². The van der Waals surface area contributed by atoms with Gasteiger partial charge in [0.15, 0.2) is 0 Å². The molecule has 8 heteroatoms. The molecule has 0 atom stereocenters. The summed E-state index contributed by atoms with van der Waals surface area (Å²) in [6, 6.07) is 8.22. The van der Waals surface area contributed by atoms with E-state index < -0.39 is 11.4 Å². The van der Waals surface area contributed by atoms with Crippen molar-refractivity contribution in [3.8, 4) is 11.1 Å². The number of pyridine rings is 1. The first-order chi connectivity index (χ1) is 15.3. The van der Waals surface area contributed by atoms with E-state index in [1.165, 1.54) is 12.1 Å². The lowest BCUT2D eigenvalue weighted by Crippen LogP contribution is -2.63. The number of amides is 2. The van der Waals surface area contributed by atoms with Crippen molar-refractivity contribution in [2.45, 2.75) is 45.7 Å². The van der Waals surface area contributed by atoms with Gasteiger partial charge in [0.05, 0.1) is 5.02 Å². The zero-order chi connectivity index (χ0) is 24.3. The van der Waals surface area contributed by atoms with E-state index in [-0.39, 0.29) is 28.1 Å². The third-order valence-electron chi connectivity index (χ3n) is 6.27. The van der Waals surface area contributed by atoms with E-state index in [2.05, 4.69) is 0 Å². The molecule has 33 heavy (non-hydrogen) atoms. The molecular formula is C25H28ClFN4O2. The van der Waals surface area contributed by atoms with Gasteiger partial charge in [0.2, 0.25) is 5.91 Å². The van der Waals surface area contributed by atoms with E-state index in [4.69, 9.17) is 16.6 Å². The Bertz CT molecular complexity index is 1280. The molecule has 4 rings (SSSR count). The SMILES string of the molecule is CN1CCN(C(=O)c2ccc3c(-c4ccc(Cl)c(F)c4)cn(C(C)(C)C)c3n2)C(C)(C)C1=O. The van der Waals surface area contributed by atoms with Crippen LogP contribution in [0.25, 0.3) is 22.2 Å². The number of aromatic nitrogens is 2. The van der Waals surface area contributed by atoms with Crippen LogP contribution in [0.2, 0.25) is 5.02 Å². The highest BCUT2D eigenvalue weighted by Crippen LogP contribution is 2.35. The molecule has 3 aromatic rings. The molecule has 1 fully saturated rings. The third kappa shape index (κ3) is 3.88. The summed E-state index contributed by atoms with van der Waals surface area (Å²) < 4.78 is 16.2. The largest absolute Gasteiger partial charge is 0.342 e. The van der Waals surface area contributed by atoms with E-state index in [9.17, 15) is 14.0 Å². The minimum absolute atomic E-state index is 0.0636. The first kappa shape index (κ1) is 23.2. The predicted octanol–water partition coefficient (Wildman–Crippen LogP) is 4.94. The van der Waals surface area contributed by atoms with Crippen LogP contribution in [-0.2, 0) is 10.3 Å². The fraction of sp³-hybridized carbons (Fsp3) is 0.400. The van der Waals surface area contributed by atoms with Crippen molar-refractivity contribution in [1.82, 2.24) is 19.4 Å². The maximum atomic E-state index is 14.2. The number of piperazine rings is 1. The number of hydrogen-bond donors (Lipinski definition) is 0. The van der Waals surface area contributed by atoms with Crippen molar-refractivity contribution < 1.29 is 14.0 Å². The molecule has 0 unspecified atom stereocenters. The molecule has 0 saturated carbocycles. The van der Waals surface area contributed by atoms with Crippen LogP contribution in [0.3, 0.4) is 0 Å². The molecule has 1 aliphatic heterocycles. The highest BCUT2D eigenvalue weighted by Gasteiger charge is 2.43. The summed E-state index contributed by atoms with van der Waals surface area (Å²) in [5.41, 5.74) is 1.08. The molecule has 2 amide bonds. The van der Waals surface area contributed by atoms with Gasteiger partial charge in [-0.2, -0.15) is 0 Å². The summed E-state index contributed by atoms with van der Waals surface area (Å²) in [6.07, 6.45) is 1.93. The van der Waals surface area contributed by atoms with Crippen LogP contribution >= 0.6 is 11.6 Å². The Hall–Kier alpha value is -2.93. The number of rotatable bonds is 2. The van der Waals surface area contributed by atoms with E-state index >= 15 is 0 Å². The van der Waals surface area contributed by atoms with Crippen LogP contribution in [0.4, 0.5) is 4.39 Å². The summed E-state index contributed by atoms with van der Waals surface area (Å²) in [7, 11) is 1.74. The van der Waals surface area contributed by atoms with Crippen molar-refractivity contribution in [2.24, 2.45) is 0 Å². The maximum absolute atomic E-state index is 14.2. The number of likely N-dealkylation sites (N-methyl/N-ethyl adjacent to an activating group) is 1. The molecule has 1 aromatic carbocycles. The van der Waals surface area contributed by atoms with Crippen molar-refractivity contribution in [3.63, 3.8) is 0 Å². The van der Waals surface area contributed by atoms with Crippen molar-refractivity contribution in [2.75, 3.05) is 20.1 Å². The van der Waals surface area contributed by atoms with E-state index in [0.717, 1.165) is 10.9 Å². The Kier molecular flexibility index (Phi) is 5.52. The molecule has 1 aliphatic rings. The zero-order valence-corrected chi connectivity index (χ0v) is 20.5. The lowest BCUT2D eigenvalue weighted by Gasteiger charge is -2.44. The van der Waals surface area contributed by atoms with Gasteiger partial charge in [0.1, 0.15) is 22.7 Å². The Balaban J connectivity index is 1.84. The van der Waals surface area contributed by atoms with Gasteiger partial charge >= 0.3 is 0 Å². The Morgan fingerprint density at radius 1 is 1.15 bits per heavy atom. The quantitative estimate of drug-likeness (QED) is 0.532. The molecule has 6 nitrogen and oxygen atoms in total. The number of benzene rings is 1. The van der Waals surface area contributed by atoms with Crippen molar-refractivity contribution >= 4 is 34.4 Å². The first-order valence-corrected chi connectivity index (χ1v) is 11.3. The minimum Gasteiger partial charge on any atom is -0.342 e. The van der Waals surface area contributed by atoms with Gasteiger partial charge in [-0.25, -0.2) is 9.37 Å². The van der Waals surface area contributed by atoms with Crippen LogP contribution in [0.15, 0.2) is 36.5 Å². The summed E-state index contributed by atoms with van der Waals surface area (Å²) in [5.74, 6) is -0.884. The highest BCUT2D eigenvalue weighted by atomic mass is 35.5. The highest BCUT2D eigenvalue weighted by molar-refractivity contribution is 6.30. The minimum atomic E-state index is -0.960. The average Bonchev–Trinajstić information content (AvgIpc) is 3.13. The lowest BCUT2D eigenvalue weighted by molar-refractivity contribution is -0.144. The normalized spacial score (nSPS) is 16.5. The zero-order valence-electron chi connectivity index (χ0n) is 19.7. The standard InChI is InChI=1S/C25H28ClFN4O2/c1-24(2,3)31-14-17(15-7-9-18(26)19(27)13-15)16-8-10-20(28-21(16)31)22(32)30-12-11-29(6)23(33)25(30,4)5/h7-10,13-14H,11-12H2,1-6H3. The monoisotopic (exact) mass is 470 g/mol. The van der Waals surface area contributed by atoms with Gasteiger partial charge in [0.25, 0.3) is 5.91 Å². The van der Waals surface area contributed by atoms with Crippen molar-refractivity contribution in [1.29, 1.82) is 0 Å². The van der Waals surface area contributed by atoms with Gasteiger partial charge in [-0.05, 0) is 64.4 Å². The predicted molar refractivity (Wildman–Crippen MR) is 128 cm³/mol. The molecule has 0 aliphatic carbocycles. The van der Waals surface area contributed by atoms with Gasteiger partial charge in [0, 0.05) is 42.8 Å². The van der Waals surface area contributed by atoms with Crippen LogP contribution in [0, 0.1) is 5.82 Å². The fourth-order valence-electron chi connectivity index (χ4n) is 4.33. The lowest BCUT2D eigenvalue weighted by atomic mass is 9.97. The number of halogens is 2. The molecule has 0 radical (unpaired) electrons. The summed E-state index contributed by atoms with van der Waals surface area (Å²) in [4.78, 5) is 34.1. The van der Waals surface area contributed by atoms with Crippen molar-refractivity contribution in [3.05, 3.63) is 53.1 Å². The van der Waals surface area contributed by atoms with E-state index in [0.29, 0.717) is 24.3 Å². The fourth-order valence-corrected chi connectivity index (χ4v) is 4.45. The summed E-state index contributed by atoms with van der Waals surface area (Å²) in [5, 5.41) is 0.866. The molecule has 2 aromatic heterocycles. The molecular weight excluding hydrogens is 443 g/mol. The van der Waals surface area contributed by atoms with Gasteiger partial charge in [-0.3, -0.25) is 9.59 Å². The number of fused-ring (bicyclic) bond motifs is 1. The van der Waals surface area contributed by atoms with E-state index in [1.54, 1.807) is 42.8 Å². The molecule has 1 saturated heterocycles.